The van der Waals surface area contributed by atoms with Crippen LogP contribution in [0.25, 0.3) is 5.57 Å². The molecule has 1 unspecified atom stereocenters. The van der Waals surface area contributed by atoms with E-state index in [1.807, 2.05) is 48.6 Å². The number of rotatable bonds is 10. The van der Waals surface area contributed by atoms with Crippen LogP contribution in [0.2, 0.25) is 0 Å². The van der Waals surface area contributed by atoms with Gasteiger partial charge in [-0.3, -0.25) is 9.78 Å². The molecular formula is C33H31FN4O. The second-order valence-electron chi connectivity index (χ2n) is 9.62. The molecular weight excluding hydrogens is 487 g/mol. The first kappa shape index (κ1) is 27.6. The van der Waals surface area contributed by atoms with Crippen molar-refractivity contribution >= 4 is 17.1 Å². The van der Waals surface area contributed by atoms with Crippen LogP contribution >= 0.6 is 0 Å². The highest BCUT2D eigenvalue weighted by Crippen LogP contribution is 2.30. The molecule has 1 heterocycles. The van der Waals surface area contributed by atoms with Gasteiger partial charge in [-0.15, -0.1) is 0 Å². The van der Waals surface area contributed by atoms with E-state index in [2.05, 4.69) is 11.1 Å². The number of aromatic nitrogens is 1. The largest absolute Gasteiger partial charge is 0.321 e. The van der Waals surface area contributed by atoms with Crippen LogP contribution in [0.1, 0.15) is 47.1 Å². The van der Waals surface area contributed by atoms with Gasteiger partial charge in [-0.05, 0) is 85.1 Å². The van der Waals surface area contributed by atoms with Gasteiger partial charge >= 0.3 is 0 Å². The number of hydrogen-bond acceptors (Lipinski definition) is 5. The summed E-state index contributed by atoms with van der Waals surface area (Å²) in [5.74, 6) is -0.504. The number of nitrogens with one attached hydrogen (secondary N) is 1. The lowest BCUT2D eigenvalue weighted by Gasteiger charge is -2.17. The number of halogens is 1. The number of pyridine rings is 1. The molecule has 3 aromatic rings. The van der Waals surface area contributed by atoms with E-state index in [1.165, 1.54) is 6.07 Å². The van der Waals surface area contributed by atoms with Crippen molar-refractivity contribution < 1.29 is 9.18 Å². The van der Waals surface area contributed by atoms with Crippen molar-refractivity contribution in [2.24, 2.45) is 5.73 Å². The number of allylic oxidation sites excluding steroid dienone is 5. The fraction of sp³-hybridized carbons (Fsp3) is 0.212. The molecule has 0 amide bonds. The van der Waals surface area contributed by atoms with Crippen LogP contribution < -0.4 is 5.73 Å². The Balaban J connectivity index is 1.61. The van der Waals surface area contributed by atoms with Crippen LogP contribution in [0.3, 0.4) is 0 Å². The normalized spacial score (nSPS) is 13.8. The molecule has 4 rings (SSSR count). The first-order valence-corrected chi connectivity index (χ1v) is 13.0. The maximum absolute atomic E-state index is 14.1. The molecule has 1 aromatic heterocycles. The summed E-state index contributed by atoms with van der Waals surface area (Å²) < 4.78 is 14.1. The van der Waals surface area contributed by atoms with Crippen LogP contribution in [0.5, 0.6) is 0 Å². The highest BCUT2D eigenvalue weighted by molar-refractivity contribution is 6.15. The number of nitriles is 1. The molecule has 0 aliphatic heterocycles. The summed E-state index contributed by atoms with van der Waals surface area (Å²) in [6.45, 7) is 1.73. The van der Waals surface area contributed by atoms with Gasteiger partial charge in [0.2, 0.25) is 0 Å². The Hall–Kier alpha value is -4.47. The minimum atomic E-state index is -0.750. The average Bonchev–Trinajstić information content (AvgIpc) is 3.20. The lowest BCUT2D eigenvalue weighted by atomic mass is 9.89. The van der Waals surface area contributed by atoms with Gasteiger partial charge in [0.05, 0.1) is 17.7 Å². The summed E-state index contributed by atoms with van der Waals surface area (Å²) in [5, 5.41) is 18.5. The molecule has 3 N–H and O–H groups in total. The number of nitrogens with two attached hydrogens (primary N) is 1. The molecule has 0 spiro atoms. The number of hydrogen-bond donors (Lipinski definition) is 2. The summed E-state index contributed by atoms with van der Waals surface area (Å²) in [4.78, 5) is 17.8. The molecule has 0 saturated heterocycles. The van der Waals surface area contributed by atoms with Crippen LogP contribution in [-0.4, -0.2) is 22.5 Å². The highest BCUT2D eigenvalue weighted by Gasteiger charge is 2.25. The van der Waals surface area contributed by atoms with Gasteiger partial charge in [0.1, 0.15) is 5.82 Å². The second kappa shape index (κ2) is 12.9. The van der Waals surface area contributed by atoms with Crippen LogP contribution in [0.15, 0.2) is 96.4 Å². The maximum Gasteiger partial charge on any atom is 0.180 e. The zero-order valence-corrected chi connectivity index (χ0v) is 22.0. The summed E-state index contributed by atoms with van der Waals surface area (Å²) in [5.41, 5.74) is 12.2. The molecule has 196 valence electrons. The summed E-state index contributed by atoms with van der Waals surface area (Å²) in [6, 6.07) is 17.6. The van der Waals surface area contributed by atoms with E-state index in [4.69, 9.17) is 11.1 Å². The van der Waals surface area contributed by atoms with Gasteiger partial charge in [0, 0.05) is 29.3 Å². The average molecular weight is 519 g/mol. The van der Waals surface area contributed by atoms with Crippen LogP contribution in [-0.2, 0) is 17.6 Å². The first-order chi connectivity index (χ1) is 18.9. The van der Waals surface area contributed by atoms with Crippen LogP contribution in [0, 0.1) is 29.5 Å². The SMILES string of the molecule is Cc1c(F)cccc1CCC(=N)C1=CCC(c2ccccc2C#N)=CC=C1C(=O)C(N)CCc1cccnc1. The summed E-state index contributed by atoms with van der Waals surface area (Å²) >= 11 is 0. The van der Waals surface area contributed by atoms with E-state index in [0.29, 0.717) is 60.1 Å². The van der Waals surface area contributed by atoms with Crippen molar-refractivity contribution in [3.05, 3.63) is 130 Å². The molecule has 1 aliphatic rings. The van der Waals surface area contributed by atoms with E-state index in [9.17, 15) is 14.4 Å². The smallest absolute Gasteiger partial charge is 0.180 e. The van der Waals surface area contributed by atoms with Crippen molar-refractivity contribution in [2.75, 3.05) is 0 Å². The zero-order chi connectivity index (χ0) is 27.8. The Kier molecular flexibility index (Phi) is 9.09. The number of aryl methyl sites for hydroxylation is 2. The Bertz CT molecular complexity index is 1510. The number of carbonyl (C=O) groups excluding carboxylic acids is 1. The number of carbonyl (C=O) groups is 1. The predicted octanol–water partition coefficient (Wildman–Crippen LogP) is 6.22. The van der Waals surface area contributed by atoms with E-state index < -0.39 is 6.04 Å². The van der Waals surface area contributed by atoms with Gasteiger partial charge in [-0.2, -0.15) is 5.26 Å². The van der Waals surface area contributed by atoms with Gasteiger partial charge in [0.15, 0.2) is 5.78 Å². The lowest BCUT2D eigenvalue weighted by Crippen LogP contribution is -2.33. The summed E-state index contributed by atoms with van der Waals surface area (Å²) in [6.07, 6.45) is 11.3. The third-order valence-corrected chi connectivity index (χ3v) is 7.08. The highest BCUT2D eigenvalue weighted by atomic mass is 19.1. The number of ketones is 1. The quantitative estimate of drug-likeness (QED) is 0.311. The third kappa shape index (κ3) is 6.70. The van der Waals surface area contributed by atoms with E-state index in [0.717, 1.165) is 22.3 Å². The molecule has 0 radical (unpaired) electrons. The minimum absolute atomic E-state index is 0.233. The fourth-order valence-electron chi connectivity index (χ4n) is 4.74. The molecule has 0 bridgehead atoms. The van der Waals surface area contributed by atoms with E-state index in [-0.39, 0.29) is 11.6 Å². The van der Waals surface area contributed by atoms with Gasteiger partial charge in [-0.1, -0.05) is 54.6 Å². The van der Waals surface area contributed by atoms with E-state index in [1.54, 1.807) is 37.5 Å². The molecule has 1 atom stereocenters. The van der Waals surface area contributed by atoms with Gasteiger partial charge < -0.3 is 11.1 Å². The standard InChI is InChI=1S/C33H31FN4O/c1-22-24(8-4-10-30(22)34)14-18-31(36)28-15-12-25(27-9-3-2-7-26(27)20-35)13-16-29(28)33(39)32(37)17-11-23-6-5-19-38-21-23/h2-10,13,15-16,19,21,32,36H,11-12,14,17-18,37H2,1H3. The Morgan fingerprint density at radius 3 is 2.69 bits per heavy atom. The Morgan fingerprint density at radius 2 is 1.92 bits per heavy atom. The molecule has 0 saturated carbocycles. The topological polar surface area (TPSA) is 104 Å². The van der Waals surface area contributed by atoms with Crippen LogP contribution in [0.4, 0.5) is 4.39 Å². The Morgan fingerprint density at radius 1 is 1.10 bits per heavy atom. The molecule has 39 heavy (non-hydrogen) atoms. The zero-order valence-electron chi connectivity index (χ0n) is 22.0. The molecule has 5 nitrogen and oxygen atoms in total. The van der Waals surface area contributed by atoms with Crippen molar-refractivity contribution in [3.8, 4) is 6.07 Å². The first-order valence-electron chi connectivity index (χ1n) is 13.0. The monoisotopic (exact) mass is 518 g/mol. The second-order valence-corrected chi connectivity index (χ2v) is 9.62. The van der Waals surface area contributed by atoms with Crippen molar-refractivity contribution in [1.29, 1.82) is 10.7 Å². The minimum Gasteiger partial charge on any atom is -0.321 e. The molecule has 2 aromatic carbocycles. The van der Waals surface area contributed by atoms with Crippen molar-refractivity contribution in [3.63, 3.8) is 0 Å². The third-order valence-electron chi connectivity index (χ3n) is 7.08. The number of benzene rings is 2. The van der Waals surface area contributed by atoms with Crippen molar-refractivity contribution in [2.45, 2.75) is 45.1 Å². The maximum atomic E-state index is 14.1. The molecule has 1 aliphatic carbocycles. The predicted molar refractivity (Wildman–Crippen MR) is 153 cm³/mol. The number of nitrogens with zero attached hydrogens (tertiary/aromatic N) is 2. The molecule has 0 fully saturated rings. The van der Waals surface area contributed by atoms with E-state index >= 15 is 0 Å². The lowest BCUT2D eigenvalue weighted by molar-refractivity contribution is -0.116. The van der Waals surface area contributed by atoms with Gasteiger partial charge in [-0.25, -0.2) is 4.39 Å². The number of Topliss-reactive ketones (excluding diaryl/α,β-unsaturated/α-hetero) is 1. The fourth-order valence-corrected chi connectivity index (χ4v) is 4.74. The van der Waals surface area contributed by atoms with Crippen molar-refractivity contribution in [1.82, 2.24) is 4.98 Å². The Labute approximate surface area is 228 Å². The molecule has 6 heteroatoms. The summed E-state index contributed by atoms with van der Waals surface area (Å²) in [7, 11) is 0. The van der Waals surface area contributed by atoms with Gasteiger partial charge in [0.25, 0.3) is 0 Å².